The first-order valence-electron chi connectivity index (χ1n) is 8.29. The number of nitrogens with zero attached hydrogens (tertiary/aromatic N) is 2. The Bertz CT molecular complexity index is 638. The van der Waals surface area contributed by atoms with Gasteiger partial charge in [0.2, 0.25) is 5.91 Å². The Kier molecular flexibility index (Phi) is 5.08. The van der Waals surface area contributed by atoms with Crippen LogP contribution in [0.2, 0.25) is 0 Å². The van der Waals surface area contributed by atoms with Crippen molar-refractivity contribution in [2.24, 2.45) is 11.7 Å². The van der Waals surface area contributed by atoms with Gasteiger partial charge in [-0.2, -0.15) is 5.10 Å². The van der Waals surface area contributed by atoms with Crippen LogP contribution in [0.15, 0.2) is 42.7 Å². The molecule has 2 aromatic rings. The van der Waals surface area contributed by atoms with Crippen molar-refractivity contribution < 1.29 is 4.79 Å². The second-order valence-electron chi connectivity index (χ2n) is 6.31. The van der Waals surface area contributed by atoms with Gasteiger partial charge in [0.15, 0.2) is 0 Å². The minimum absolute atomic E-state index is 0.0984. The number of carbonyl (C=O) groups is 1. The molecule has 0 saturated heterocycles. The summed E-state index contributed by atoms with van der Waals surface area (Å²) in [7, 11) is 0. The molecule has 1 fully saturated rings. The zero-order valence-corrected chi connectivity index (χ0v) is 13.3. The minimum atomic E-state index is 0.0984. The number of benzene rings is 1. The van der Waals surface area contributed by atoms with Crippen LogP contribution in [0.1, 0.15) is 36.8 Å². The maximum atomic E-state index is 12.2. The van der Waals surface area contributed by atoms with E-state index in [1.54, 1.807) is 6.20 Å². The van der Waals surface area contributed by atoms with Crippen molar-refractivity contribution in [3.8, 4) is 0 Å². The lowest BCUT2D eigenvalue weighted by Crippen LogP contribution is -2.31. The fourth-order valence-electron chi connectivity index (χ4n) is 3.28. The largest absolute Gasteiger partial charge is 0.352 e. The van der Waals surface area contributed by atoms with Gasteiger partial charge in [-0.15, -0.1) is 0 Å². The van der Waals surface area contributed by atoms with E-state index < -0.39 is 0 Å². The van der Waals surface area contributed by atoms with Crippen LogP contribution in [0.5, 0.6) is 0 Å². The molecule has 2 atom stereocenters. The van der Waals surface area contributed by atoms with Gasteiger partial charge in [0.05, 0.1) is 6.54 Å². The molecule has 3 N–H and O–H groups in total. The molecule has 0 bridgehead atoms. The molecular weight excluding hydrogens is 288 g/mol. The van der Waals surface area contributed by atoms with Crippen molar-refractivity contribution in [3.63, 3.8) is 0 Å². The molecule has 0 radical (unpaired) electrons. The molecule has 0 unspecified atom stereocenters. The highest BCUT2D eigenvalue weighted by atomic mass is 16.1. The van der Waals surface area contributed by atoms with Gasteiger partial charge in [0.1, 0.15) is 0 Å². The first-order chi connectivity index (χ1) is 11.2. The Labute approximate surface area is 136 Å². The first-order valence-corrected chi connectivity index (χ1v) is 8.29. The zero-order chi connectivity index (χ0) is 16.1. The van der Waals surface area contributed by atoms with Gasteiger partial charge in [-0.1, -0.05) is 30.7 Å². The molecule has 1 aliphatic rings. The molecule has 1 aromatic carbocycles. The fourth-order valence-corrected chi connectivity index (χ4v) is 3.28. The highest BCUT2D eigenvalue weighted by Gasteiger charge is 2.25. The molecule has 1 saturated carbocycles. The van der Waals surface area contributed by atoms with Gasteiger partial charge in [0, 0.05) is 31.4 Å². The molecule has 1 heterocycles. The number of hydrogen-bond donors (Lipinski definition) is 2. The minimum Gasteiger partial charge on any atom is -0.352 e. The van der Waals surface area contributed by atoms with Crippen molar-refractivity contribution in [2.45, 2.75) is 44.8 Å². The third-order valence-corrected chi connectivity index (χ3v) is 4.65. The van der Waals surface area contributed by atoms with Crippen LogP contribution in [-0.2, 0) is 17.9 Å². The molecule has 1 aliphatic carbocycles. The number of carbonyl (C=O) groups excluding carboxylic acids is 1. The number of rotatable bonds is 6. The lowest BCUT2D eigenvalue weighted by Gasteiger charge is -2.15. The van der Waals surface area contributed by atoms with E-state index in [-0.39, 0.29) is 11.9 Å². The van der Waals surface area contributed by atoms with E-state index >= 15 is 0 Å². The van der Waals surface area contributed by atoms with E-state index in [0.717, 1.165) is 24.8 Å². The summed E-state index contributed by atoms with van der Waals surface area (Å²) in [6, 6.07) is 10.3. The molecule has 0 aliphatic heterocycles. The van der Waals surface area contributed by atoms with E-state index in [2.05, 4.69) is 22.5 Å². The second kappa shape index (κ2) is 7.42. The average Bonchev–Trinajstić information content (AvgIpc) is 3.19. The Balaban J connectivity index is 1.56. The zero-order valence-electron chi connectivity index (χ0n) is 13.3. The van der Waals surface area contributed by atoms with Crippen LogP contribution in [0, 0.1) is 5.92 Å². The lowest BCUT2D eigenvalue weighted by molar-refractivity contribution is -0.122. The summed E-state index contributed by atoms with van der Waals surface area (Å²) in [4.78, 5) is 12.2. The Morgan fingerprint density at radius 2 is 2.09 bits per heavy atom. The third kappa shape index (κ3) is 4.20. The van der Waals surface area contributed by atoms with E-state index in [1.165, 1.54) is 5.56 Å². The topological polar surface area (TPSA) is 72.9 Å². The van der Waals surface area contributed by atoms with Crippen molar-refractivity contribution in [1.29, 1.82) is 0 Å². The Morgan fingerprint density at radius 1 is 1.26 bits per heavy atom. The molecule has 1 amide bonds. The molecule has 23 heavy (non-hydrogen) atoms. The summed E-state index contributed by atoms with van der Waals surface area (Å²) >= 11 is 0. The molecule has 1 aromatic heterocycles. The quantitative estimate of drug-likeness (QED) is 0.857. The predicted octanol–water partition coefficient (Wildman–Crippen LogP) is 2.07. The maximum absolute atomic E-state index is 12.2. The Hall–Kier alpha value is -2.14. The van der Waals surface area contributed by atoms with Crippen LogP contribution in [-0.4, -0.2) is 21.7 Å². The number of aromatic nitrogens is 2. The highest BCUT2D eigenvalue weighted by Crippen LogP contribution is 2.26. The van der Waals surface area contributed by atoms with Crippen LogP contribution < -0.4 is 11.1 Å². The van der Waals surface area contributed by atoms with Crippen molar-refractivity contribution >= 4 is 5.91 Å². The van der Waals surface area contributed by atoms with Gasteiger partial charge in [-0.25, -0.2) is 0 Å². The standard InChI is InChI=1S/C18H24N4O/c19-17-8-3-7-14(17)11-18(23)20-12-15-5-1-2-6-16(15)13-22-10-4-9-21-22/h1-2,4-6,9-10,14,17H,3,7-8,11-13,19H2,(H,20,23)/t14-,17+/m0/s1. The van der Waals surface area contributed by atoms with Crippen molar-refractivity contribution in [1.82, 2.24) is 15.1 Å². The first kappa shape index (κ1) is 15.7. The normalized spacial score (nSPS) is 20.6. The number of nitrogens with one attached hydrogen (secondary N) is 1. The van der Waals surface area contributed by atoms with Gasteiger partial charge in [-0.3, -0.25) is 9.48 Å². The predicted molar refractivity (Wildman–Crippen MR) is 89.6 cm³/mol. The second-order valence-corrected chi connectivity index (χ2v) is 6.31. The summed E-state index contributed by atoms with van der Waals surface area (Å²) in [6.07, 6.45) is 7.52. The van der Waals surface area contributed by atoms with Gasteiger partial charge in [-0.05, 0) is 36.0 Å². The van der Waals surface area contributed by atoms with Gasteiger partial charge >= 0.3 is 0 Å². The highest BCUT2D eigenvalue weighted by molar-refractivity contribution is 5.76. The van der Waals surface area contributed by atoms with Gasteiger partial charge in [0.25, 0.3) is 0 Å². The summed E-state index contributed by atoms with van der Waals surface area (Å²) < 4.78 is 1.89. The molecule has 0 spiro atoms. The number of amides is 1. The molecule has 5 heteroatoms. The van der Waals surface area contributed by atoms with Crippen molar-refractivity contribution in [2.75, 3.05) is 0 Å². The van der Waals surface area contributed by atoms with Crippen molar-refractivity contribution in [3.05, 3.63) is 53.9 Å². The van der Waals surface area contributed by atoms with Crippen LogP contribution in [0.3, 0.4) is 0 Å². The molecule has 122 valence electrons. The maximum Gasteiger partial charge on any atom is 0.220 e. The fraction of sp³-hybridized carbons (Fsp3) is 0.444. The van der Waals surface area contributed by atoms with Crippen LogP contribution in [0.4, 0.5) is 0 Å². The smallest absolute Gasteiger partial charge is 0.220 e. The summed E-state index contributed by atoms with van der Waals surface area (Å²) in [5.74, 6) is 0.440. The van der Waals surface area contributed by atoms with Gasteiger partial charge < -0.3 is 11.1 Å². The number of nitrogens with two attached hydrogens (primary N) is 1. The average molecular weight is 312 g/mol. The van der Waals surface area contributed by atoms with E-state index in [1.807, 2.05) is 29.1 Å². The SMILES string of the molecule is N[C@@H]1CCC[C@H]1CC(=O)NCc1ccccc1Cn1cccn1. The van der Waals surface area contributed by atoms with E-state index in [9.17, 15) is 4.79 Å². The summed E-state index contributed by atoms with van der Waals surface area (Å²) in [5, 5.41) is 7.28. The van der Waals surface area contributed by atoms with Crippen LogP contribution in [0.25, 0.3) is 0 Å². The molecule has 3 rings (SSSR count). The monoisotopic (exact) mass is 312 g/mol. The third-order valence-electron chi connectivity index (χ3n) is 4.65. The van der Waals surface area contributed by atoms with E-state index in [0.29, 0.717) is 25.4 Å². The molecule has 5 nitrogen and oxygen atoms in total. The Morgan fingerprint density at radius 3 is 2.78 bits per heavy atom. The number of hydrogen-bond acceptors (Lipinski definition) is 3. The molecular formula is C18H24N4O. The lowest BCUT2D eigenvalue weighted by atomic mass is 10.00. The summed E-state index contributed by atoms with van der Waals surface area (Å²) in [5.41, 5.74) is 8.35. The summed E-state index contributed by atoms with van der Waals surface area (Å²) in [6.45, 7) is 1.27. The van der Waals surface area contributed by atoms with E-state index in [4.69, 9.17) is 5.73 Å². The van der Waals surface area contributed by atoms with Crippen LogP contribution >= 0.6 is 0 Å².